The van der Waals surface area contributed by atoms with E-state index < -0.39 is 73.0 Å². The van der Waals surface area contributed by atoms with Gasteiger partial charge in [0.1, 0.15) is 22.1 Å². The molecule has 4 heterocycles. The van der Waals surface area contributed by atoms with Crippen molar-refractivity contribution < 1.29 is 54.4 Å². The summed E-state index contributed by atoms with van der Waals surface area (Å²) in [5.41, 5.74) is -4.70. The van der Waals surface area contributed by atoms with Gasteiger partial charge in [-0.1, -0.05) is 31.5 Å². The number of nitrogens with zero attached hydrogens (tertiary/aromatic N) is 4. The number of unbranched alkanes of at least 4 members (excludes halogenated alkanes) is 1. The Labute approximate surface area is 342 Å². The van der Waals surface area contributed by atoms with Crippen LogP contribution < -0.4 is 14.2 Å². The van der Waals surface area contributed by atoms with E-state index in [0.29, 0.717) is 41.9 Å². The fraction of sp³-hybridized carbons (Fsp3) is 0.500. The summed E-state index contributed by atoms with van der Waals surface area (Å²) in [6, 6.07) is 10.7. The number of hydrogen-bond donors (Lipinski definition) is 1. The van der Waals surface area contributed by atoms with E-state index in [1.54, 1.807) is 31.2 Å². The van der Waals surface area contributed by atoms with Crippen LogP contribution in [0.5, 0.6) is 11.5 Å². The second kappa shape index (κ2) is 18.2. The normalized spacial score (nSPS) is 20.6. The fourth-order valence-corrected chi connectivity index (χ4v) is 8.99. The van der Waals surface area contributed by atoms with Gasteiger partial charge in [-0.05, 0) is 62.6 Å². The van der Waals surface area contributed by atoms with Gasteiger partial charge in [0.15, 0.2) is 0 Å². The van der Waals surface area contributed by atoms with E-state index in [0.717, 1.165) is 34.7 Å². The van der Waals surface area contributed by atoms with E-state index in [1.165, 1.54) is 11.2 Å². The number of hydrogen-bond acceptors (Lipinski definition) is 9. The minimum absolute atomic E-state index is 0.00342. The van der Waals surface area contributed by atoms with Crippen molar-refractivity contribution in [1.29, 1.82) is 5.26 Å². The topological polar surface area (TPSA) is 142 Å². The number of rotatable bonds is 14. The number of nitrogens with one attached hydrogen (secondary N) is 1. The molecule has 59 heavy (non-hydrogen) atoms. The zero-order valence-electron chi connectivity index (χ0n) is 32.5. The third kappa shape index (κ3) is 10.5. The molecule has 11 nitrogen and oxygen atoms in total. The quantitative estimate of drug-likeness (QED) is 0.100. The van der Waals surface area contributed by atoms with Gasteiger partial charge in [0, 0.05) is 71.6 Å². The number of nitriles is 1. The highest BCUT2D eigenvalue weighted by Gasteiger charge is 2.57. The third-order valence-electron chi connectivity index (χ3n) is 10.4. The maximum atomic E-state index is 15.0. The van der Waals surface area contributed by atoms with Crippen molar-refractivity contribution in [3.63, 3.8) is 0 Å². The molecule has 2 saturated heterocycles. The van der Waals surface area contributed by atoms with Crippen molar-refractivity contribution in [1.82, 2.24) is 19.5 Å². The van der Waals surface area contributed by atoms with Crippen LogP contribution in [0.1, 0.15) is 91.2 Å². The van der Waals surface area contributed by atoms with Crippen LogP contribution in [0.4, 0.5) is 26.3 Å². The predicted octanol–water partition coefficient (Wildman–Crippen LogP) is 7.41. The van der Waals surface area contributed by atoms with Crippen molar-refractivity contribution in [2.24, 2.45) is 0 Å². The zero-order chi connectivity index (χ0) is 43.2. The number of aromatic nitrogens is 1. The molecule has 2 aliphatic heterocycles. The van der Waals surface area contributed by atoms with E-state index in [1.807, 2.05) is 0 Å². The maximum Gasteiger partial charge on any atom is 0.425 e. The SMILES string of the molecule is C=S(C)(=O)NC(=O)CCCCOc1ccccc1C1(C#N)CCN(C(=O)[C@]2(Oc3csc(C(F)(F)F)c3)CCCN(C(=O)c3ncccc3C(F)(F)F)[C@@H]2CCC)CC1. The second-order valence-corrected chi connectivity index (χ2v) is 17.9. The van der Waals surface area contributed by atoms with Crippen molar-refractivity contribution in [3.05, 3.63) is 75.7 Å². The maximum absolute atomic E-state index is 15.0. The molecule has 0 radical (unpaired) electrons. The molecule has 3 atom stereocenters. The molecule has 2 aromatic heterocycles. The molecule has 1 N–H and O–H groups in total. The summed E-state index contributed by atoms with van der Waals surface area (Å²) in [5, 5.41) is 11.7. The summed E-state index contributed by atoms with van der Waals surface area (Å²) in [5.74, 6) is 1.41. The van der Waals surface area contributed by atoms with Gasteiger partial charge in [0.25, 0.3) is 11.8 Å². The Morgan fingerprint density at radius 1 is 1.05 bits per heavy atom. The van der Waals surface area contributed by atoms with E-state index in [2.05, 4.69) is 21.6 Å². The molecular formula is C40H45F6N5O6S2. The fourth-order valence-electron chi connectivity index (χ4n) is 7.73. The molecule has 0 saturated carbocycles. The van der Waals surface area contributed by atoms with Crippen LogP contribution in [-0.2, 0) is 37.1 Å². The lowest BCUT2D eigenvalue weighted by Gasteiger charge is -2.51. The number of amides is 3. The van der Waals surface area contributed by atoms with Gasteiger partial charge in [-0.3, -0.25) is 24.1 Å². The number of para-hydroxylation sites is 1. The van der Waals surface area contributed by atoms with Gasteiger partial charge in [-0.15, -0.1) is 11.3 Å². The first-order valence-electron chi connectivity index (χ1n) is 19.0. The predicted molar refractivity (Wildman–Crippen MR) is 209 cm³/mol. The van der Waals surface area contributed by atoms with Crippen LogP contribution in [0.3, 0.4) is 0 Å². The first kappa shape index (κ1) is 45.3. The van der Waals surface area contributed by atoms with Crippen LogP contribution in [0.2, 0.25) is 0 Å². The Morgan fingerprint density at radius 3 is 2.39 bits per heavy atom. The largest absolute Gasteiger partial charge is 0.493 e. The molecular weight excluding hydrogens is 825 g/mol. The first-order chi connectivity index (χ1) is 27.7. The number of benzene rings is 1. The Bertz CT molecular complexity index is 2150. The molecule has 0 bridgehead atoms. The van der Waals surface area contributed by atoms with Crippen LogP contribution >= 0.6 is 11.3 Å². The highest BCUT2D eigenvalue weighted by Crippen LogP contribution is 2.45. The minimum Gasteiger partial charge on any atom is -0.493 e. The Morgan fingerprint density at radius 2 is 1.76 bits per heavy atom. The van der Waals surface area contributed by atoms with Crippen LogP contribution in [0.25, 0.3) is 0 Å². The first-order valence-corrected chi connectivity index (χ1v) is 22.0. The minimum atomic E-state index is -4.93. The zero-order valence-corrected chi connectivity index (χ0v) is 34.1. The van der Waals surface area contributed by atoms with Gasteiger partial charge < -0.3 is 19.3 Å². The third-order valence-corrected chi connectivity index (χ3v) is 12.0. The monoisotopic (exact) mass is 869 g/mol. The average Bonchev–Trinajstić information content (AvgIpc) is 3.66. The van der Waals surface area contributed by atoms with Gasteiger partial charge in [0.05, 0.1) is 29.7 Å². The van der Waals surface area contributed by atoms with Gasteiger partial charge in [-0.25, -0.2) is 4.21 Å². The smallest absolute Gasteiger partial charge is 0.425 e. The molecule has 0 spiro atoms. The van der Waals surface area contributed by atoms with Crippen LogP contribution in [0.15, 0.2) is 54.0 Å². The summed E-state index contributed by atoms with van der Waals surface area (Å²) in [4.78, 5) is 46.5. The average molecular weight is 870 g/mol. The van der Waals surface area contributed by atoms with Gasteiger partial charge >= 0.3 is 12.4 Å². The molecule has 5 rings (SSSR count). The highest BCUT2D eigenvalue weighted by atomic mass is 32.2. The number of alkyl halides is 6. The van der Waals surface area contributed by atoms with Crippen molar-refractivity contribution >= 4 is 44.6 Å². The summed E-state index contributed by atoms with van der Waals surface area (Å²) in [6.07, 6.45) is -5.62. The molecule has 3 amide bonds. The lowest BCUT2D eigenvalue weighted by molar-refractivity contribution is -0.160. The Hall–Kier alpha value is -4.83. The molecule has 1 aromatic carbocycles. The standard InChI is InChI=1S/C40H45F6N5O6S2/c1-4-11-31-38(57-27-24-32(58-25-27)40(44,45)46,16-10-20-51(31)35(53)34-29(39(41,42)43)13-9-19-48-34)36(54)50-21-17-37(26-47,18-22-50)28-12-5-6-14-30(28)56-23-8-7-15-33(52)49-59(2,3)55/h5-6,9,12-14,19,24-25,31H,2,4,7-8,10-11,15-18,20-23H2,1,3H3,(H,49,52,55)/t31-,38+,59?/m1/s1. The van der Waals surface area contributed by atoms with Crippen LogP contribution in [-0.4, -0.2) is 86.7 Å². The van der Waals surface area contributed by atoms with E-state index >= 15 is 4.79 Å². The lowest BCUT2D eigenvalue weighted by Crippen LogP contribution is -2.68. The number of halogens is 6. The number of thiophene rings is 1. The summed E-state index contributed by atoms with van der Waals surface area (Å²) in [7, 11) is -2.68. The van der Waals surface area contributed by atoms with Crippen molar-refractivity contribution in [3.8, 4) is 17.6 Å². The number of likely N-dealkylation sites (tertiary alicyclic amines) is 2. The Kier molecular flexibility index (Phi) is 14.0. The molecule has 1 unspecified atom stereocenters. The molecule has 2 fully saturated rings. The summed E-state index contributed by atoms with van der Waals surface area (Å²) >= 11 is 0.358. The molecule has 0 aliphatic carbocycles. The molecule has 19 heteroatoms. The van der Waals surface area contributed by atoms with E-state index in [4.69, 9.17) is 9.47 Å². The number of carbonyl (C=O) groups excluding carboxylic acids is 3. The summed E-state index contributed by atoms with van der Waals surface area (Å²) < 4.78 is 110. The molecule has 3 aromatic rings. The highest BCUT2D eigenvalue weighted by molar-refractivity contribution is 7.98. The van der Waals surface area contributed by atoms with Crippen molar-refractivity contribution in [2.75, 3.05) is 32.5 Å². The summed E-state index contributed by atoms with van der Waals surface area (Å²) in [6.45, 7) is 1.88. The van der Waals surface area contributed by atoms with Crippen molar-refractivity contribution in [2.45, 2.75) is 94.1 Å². The number of ether oxygens (including phenoxy) is 2. The molecule has 2 aliphatic rings. The number of piperidine rings is 2. The van der Waals surface area contributed by atoms with Gasteiger partial charge in [0.2, 0.25) is 11.5 Å². The number of pyridine rings is 1. The second-order valence-electron chi connectivity index (χ2n) is 14.8. The van der Waals surface area contributed by atoms with Crippen LogP contribution in [0, 0.1) is 11.3 Å². The molecule has 320 valence electrons. The van der Waals surface area contributed by atoms with Gasteiger partial charge in [-0.2, -0.15) is 31.6 Å². The lowest BCUT2D eigenvalue weighted by atomic mass is 9.72. The van der Waals surface area contributed by atoms with E-state index in [9.17, 15) is 45.4 Å². The number of carbonyl (C=O) groups is 3. The van der Waals surface area contributed by atoms with E-state index in [-0.39, 0.29) is 70.5 Å². The Balaban J connectivity index is 1.42.